The van der Waals surface area contributed by atoms with Crippen LogP contribution in [0, 0.1) is 5.92 Å². The molecule has 20 heavy (non-hydrogen) atoms. The Bertz CT molecular complexity index is 467. The first-order valence-electron chi connectivity index (χ1n) is 7.13. The Morgan fingerprint density at radius 2 is 1.90 bits per heavy atom. The fraction of sp³-hybridized carbons (Fsp3) is 0.533. The molecule has 0 aromatic heterocycles. The second kappa shape index (κ2) is 6.02. The highest BCUT2D eigenvalue weighted by molar-refractivity contribution is 6.30. The lowest BCUT2D eigenvalue weighted by molar-refractivity contribution is 0.0523. The Kier molecular flexibility index (Phi) is 4.13. The molecule has 4 nitrogen and oxygen atoms in total. The number of amides is 2. The van der Waals surface area contributed by atoms with E-state index in [-0.39, 0.29) is 12.1 Å². The molecule has 2 fully saturated rings. The summed E-state index contributed by atoms with van der Waals surface area (Å²) in [6.07, 6.45) is 2.35. The number of morpholine rings is 1. The molecule has 0 radical (unpaired) electrons. The van der Waals surface area contributed by atoms with Crippen LogP contribution in [-0.4, -0.2) is 37.2 Å². The molecule has 3 rings (SSSR count). The number of rotatable bonds is 3. The summed E-state index contributed by atoms with van der Waals surface area (Å²) >= 11 is 5.93. The van der Waals surface area contributed by atoms with Gasteiger partial charge in [-0.1, -0.05) is 23.7 Å². The fourth-order valence-corrected chi connectivity index (χ4v) is 2.69. The SMILES string of the molecule is O=C(NC(c1ccc(Cl)cc1)C1CC1)N1CCOCC1. The third-order valence-electron chi connectivity index (χ3n) is 3.90. The number of nitrogens with zero attached hydrogens (tertiary/aromatic N) is 1. The summed E-state index contributed by atoms with van der Waals surface area (Å²) in [5, 5.41) is 3.90. The zero-order valence-electron chi connectivity index (χ0n) is 11.3. The van der Waals surface area contributed by atoms with Gasteiger partial charge in [-0.05, 0) is 36.5 Å². The van der Waals surface area contributed by atoms with Crippen molar-refractivity contribution in [2.75, 3.05) is 26.3 Å². The fourth-order valence-electron chi connectivity index (χ4n) is 2.56. The maximum absolute atomic E-state index is 12.3. The number of carbonyl (C=O) groups excluding carboxylic acids is 1. The smallest absolute Gasteiger partial charge is 0.318 e. The third kappa shape index (κ3) is 3.25. The van der Waals surface area contributed by atoms with Gasteiger partial charge in [-0.3, -0.25) is 0 Å². The van der Waals surface area contributed by atoms with Gasteiger partial charge in [-0.25, -0.2) is 4.79 Å². The van der Waals surface area contributed by atoms with Crippen LogP contribution in [0.4, 0.5) is 4.79 Å². The zero-order valence-corrected chi connectivity index (χ0v) is 12.1. The van der Waals surface area contributed by atoms with Gasteiger partial charge in [0.2, 0.25) is 0 Å². The number of hydrogen-bond acceptors (Lipinski definition) is 2. The Labute approximate surface area is 124 Å². The monoisotopic (exact) mass is 294 g/mol. The molecule has 1 saturated heterocycles. The minimum absolute atomic E-state index is 0.0140. The molecule has 2 aliphatic rings. The Hall–Kier alpha value is -1.26. The lowest BCUT2D eigenvalue weighted by atomic mass is 10.0. The van der Waals surface area contributed by atoms with E-state index in [4.69, 9.17) is 16.3 Å². The number of ether oxygens (including phenoxy) is 1. The largest absolute Gasteiger partial charge is 0.378 e. The number of halogens is 1. The van der Waals surface area contributed by atoms with E-state index in [0.717, 1.165) is 10.6 Å². The van der Waals surface area contributed by atoms with Crippen molar-refractivity contribution in [3.63, 3.8) is 0 Å². The molecule has 0 bridgehead atoms. The van der Waals surface area contributed by atoms with Crippen molar-refractivity contribution >= 4 is 17.6 Å². The molecule has 1 atom stereocenters. The minimum atomic E-state index is 0.0140. The van der Waals surface area contributed by atoms with Gasteiger partial charge in [0, 0.05) is 18.1 Å². The van der Waals surface area contributed by atoms with Crippen LogP contribution in [0.25, 0.3) is 0 Å². The summed E-state index contributed by atoms with van der Waals surface area (Å²) in [5.41, 5.74) is 1.14. The van der Waals surface area contributed by atoms with Crippen molar-refractivity contribution in [2.24, 2.45) is 5.92 Å². The van der Waals surface area contributed by atoms with Crippen LogP contribution >= 0.6 is 11.6 Å². The highest BCUT2D eigenvalue weighted by Gasteiger charge is 2.34. The minimum Gasteiger partial charge on any atom is -0.378 e. The topological polar surface area (TPSA) is 41.6 Å². The molecule has 1 aliphatic heterocycles. The zero-order chi connectivity index (χ0) is 13.9. The van der Waals surface area contributed by atoms with Crippen LogP contribution in [0.1, 0.15) is 24.4 Å². The number of urea groups is 1. The van der Waals surface area contributed by atoms with Gasteiger partial charge in [0.1, 0.15) is 0 Å². The molecule has 1 unspecified atom stereocenters. The molecule has 1 N–H and O–H groups in total. The van der Waals surface area contributed by atoms with Crippen molar-refractivity contribution in [3.8, 4) is 0 Å². The quantitative estimate of drug-likeness (QED) is 0.931. The number of hydrogen-bond donors (Lipinski definition) is 1. The van der Waals surface area contributed by atoms with Crippen LogP contribution in [-0.2, 0) is 4.74 Å². The first-order valence-corrected chi connectivity index (χ1v) is 7.50. The summed E-state index contributed by atoms with van der Waals surface area (Å²) in [6.45, 7) is 2.60. The molecule has 1 aliphatic carbocycles. The first kappa shape index (κ1) is 13.7. The predicted octanol–water partition coefficient (Wildman–Crippen LogP) is 2.83. The van der Waals surface area contributed by atoms with E-state index < -0.39 is 0 Å². The lowest BCUT2D eigenvalue weighted by Gasteiger charge is -2.29. The standard InChI is InChI=1S/C15H19ClN2O2/c16-13-5-3-12(4-6-13)14(11-1-2-11)17-15(19)18-7-9-20-10-8-18/h3-6,11,14H,1-2,7-10H2,(H,17,19). The second-order valence-corrected chi connectivity index (χ2v) is 5.85. The van der Waals surface area contributed by atoms with Gasteiger partial charge in [0.05, 0.1) is 19.3 Å². The van der Waals surface area contributed by atoms with Crippen molar-refractivity contribution in [1.29, 1.82) is 0 Å². The molecule has 2 amide bonds. The highest BCUT2D eigenvalue weighted by atomic mass is 35.5. The van der Waals surface area contributed by atoms with E-state index in [0.29, 0.717) is 32.2 Å². The number of carbonyl (C=O) groups is 1. The summed E-state index contributed by atoms with van der Waals surface area (Å²) in [5.74, 6) is 0.557. The normalized spacial score (nSPS) is 20.6. The molecule has 0 spiro atoms. The summed E-state index contributed by atoms with van der Waals surface area (Å²) in [4.78, 5) is 14.1. The van der Waals surface area contributed by atoms with Crippen LogP contribution < -0.4 is 5.32 Å². The molecular formula is C15H19ClN2O2. The van der Waals surface area contributed by atoms with E-state index >= 15 is 0 Å². The molecule has 1 heterocycles. The first-order chi connectivity index (χ1) is 9.74. The van der Waals surface area contributed by atoms with Gasteiger partial charge < -0.3 is 15.0 Å². The van der Waals surface area contributed by atoms with Crippen molar-refractivity contribution in [2.45, 2.75) is 18.9 Å². The van der Waals surface area contributed by atoms with Crippen LogP contribution in [0.2, 0.25) is 5.02 Å². The van der Waals surface area contributed by atoms with Crippen LogP contribution in [0.3, 0.4) is 0 Å². The summed E-state index contributed by atoms with van der Waals surface area (Å²) < 4.78 is 5.28. The Morgan fingerprint density at radius 3 is 2.50 bits per heavy atom. The summed E-state index contributed by atoms with van der Waals surface area (Å²) in [7, 11) is 0. The van der Waals surface area contributed by atoms with Crippen molar-refractivity contribution < 1.29 is 9.53 Å². The Balaban J connectivity index is 1.68. The van der Waals surface area contributed by atoms with E-state index in [1.807, 2.05) is 29.2 Å². The van der Waals surface area contributed by atoms with Crippen LogP contribution in [0.15, 0.2) is 24.3 Å². The van der Waals surface area contributed by atoms with Gasteiger partial charge in [-0.15, -0.1) is 0 Å². The van der Waals surface area contributed by atoms with Crippen LogP contribution in [0.5, 0.6) is 0 Å². The van der Waals surface area contributed by atoms with Crippen molar-refractivity contribution in [1.82, 2.24) is 10.2 Å². The maximum Gasteiger partial charge on any atom is 0.318 e. The molecule has 108 valence electrons. The van der Waals surface area contributed by atoms with Crippen molar-refractivity contribution in [3.05, 3.63) is 34.9 Å². The number of benzene rings is 1. The average Bonchev–Trinajstić information content (AvgIpc) is 3.31. The van der Waals surface area contributed by atoms with E-state index in [2.05, 4.69) is 5.32 Å². The van der Waals surface area contributed by atoms with Gasteiger partial charge in [-0.2, -0.15) is 0 Å². The molecule has 1 aromatic carbocycles. The lowest BCUT2D eigenvalue weighted by Crippen LogP contribution is -2.47. The van der Waals surface area contributed by atoms with E-state index in [9.17, 15) is 4.79 Å². The molecule has 5 heteroatoms. The number of nitrogens with one attached hydrogen (secondary N) is 1. The van der Waals surface area contributed by atoms with Gasteiger partial charge >= 0.3 is 6.03 Å². The van der Waals surface area contributed by atoms with E-state index in [1.165, 1.54) is 12.8 Å². The third-order valence-corrected chi connectivity index (χ3v) is 4.15. The second-order valence-electron chi connectivity index (χ2n) is 5.42. The molecule has 1 aromatic rings. The average molecular weight is 295 g/mol. The molecule has 1 saturated carbocycles. The Morgan fingerprint density at radius 1 is 1.25 bits per heavy atom. The summed E-state index contributed by atoms with van der Waals surface area (Å²) in [6, 6.07) is 7.89. The predicted molar refractivity (Wildman–Crippen MR) is 77.8 cm³/mol. The maximum atomic E-state index is 12.3. The highest BCUT2D eigenvalue weighted by Crippen LogP contribution is 2.41. The van der Waals surface area contributed by atoms with Gasteiger partial charge in [0.15, 0.2) is 0 Å². The molecular weight excluding hydrogens is 276 g/mol. The van der Waals surface area contributed by atoms with E-state index in [1.54, 1.807) is 0 Å². The van der Waals surface area contributed by atoms with Gasteiger partial charge in [0.25, 0.3) is 0 Å².